The summed E-state index contributed by atoms with van der Waals surface area (Å²) in [5.41, 5.74) is 9.19. The van der Waals surface area contributed by atoms with E-state index in [1.54, 1.807) is 6.20 Å². The molecule has 2 aromatic rings. The number of nitrogens with two attached hydrogens (primary N) is 1. The zero-order valence-electron chi connectivity index (χ0n) is 15.1. The molecule has 0 spiro atoms. The molecule has 1 aliphatic heterocycles. The van der Waals surface area contributed by atoms with E-state index in [1.165, 1.54) is 16.3 Å². The van der Waals surface area contributed by atoms with E-state index in [0.717, 1.165) is 37.2 Å². The van der Waals surface area contributed by atoms with Crippen molar-refractivity contribution >= 4 is 22.0 Å². The Balaban J connectivity index is 2.04. The fourth-order valence-corrected chi connectivity index (χ4v) is 3.38. The molecule has 0 atom stereocenters. The van der Waals surface area contributed by atoms with Crippen LogP contribution in [0.25, 0.3) is 16.3 Å². The van der Waals surface area contributed by atoms with Crippen LogP contribution in [0.2, 0.25) is 0 Å². The number of fused-ring (bicyclic) bond motifs is 1. The van der Waals surface area contributed by atoms with E-state index >= 15 is 0 Å². The van der Waals surface area contributed by atoms with Crippen LogP contribution in [0, 0.1) is 5.92 Å². The molecular formula is C21H28N4. The Kier molecular flexibility index (Phi) is 5.71. The van der Waals surface area contributed by atoms with Gasteiger partial charge in [0.05, 0.1) is 0 Å². The van der Waals surface area contributed by atoms with Crippen LogP contribution >= 0.6 is 0 Å². The SMILES string of the molecule is CC(C)/C=C(\C=C/N)c1cc(NC2CCNCC2)c2cnccc2c1. The van der Waals surface area contributed by atoms with Gasteiger partial charge in [-0.3, -0.25) is 4.98 Å². The van der Waals surface area contributed by atoms with Crippen LogP contribution in [0.5, 0.6) is 0 Å². The van der Waals surface area contributed by atoms with Crippen molar-refractivity contribution in [1.29, 1.82) is 0 Å². The topological polar surface area (TPSA) is 63.0 Å². The second-order valence-corrected chi connectivity index (χ2v) is 7.01. The maximum absolute atomic E-state index is 5.69. The van der Waals surface area contributed by atoms with Crippen LogP contribution in [0.4, 0.5) is 5.69 Å². The molecule has 0 unspecified atom stereocenters. The summed E-state index contributed by atoms with van der Waals surface area (Å²) in [6.45, 7) is 6.51. The van der Waals surface area contributed by atoms with Crippen LogP contribution in [-0.2, 0) is 0 Å². The van der Waals surface area contributed by atoms with Crippen LogP contribution < -0.4 is 16.4 Å². The minimum absolute atomic E-state index is 0.458. The van der Waals surface area contributed by atoms with E-state index in [0.29, 0.717) is 12.0 Å². The molecule has 132 valence electrons. The van der Waals surface area contributed by atoms with E-state index in [-0.39, 0.29) is 0 Å². The lowest BCUT2D eigenvalue weighted by atomic mass is 9.97. The van der Waals surface area contributed by atoms with Crippen LogP contribution in [-0.4, -0.2) is 24.1 Å². The van der Waals surface area contributed by atoms with Crippen molar-refractivity contribution in [1.82, 2.24) is 10.3 Å². The molecule has 4 heteroatoms. The van der Waals surface area contributed by atoms with Gasteiger partial charge in [-0.15, -0.1) is 0 Å². The summed E-state index contributed by atoms with van der Waals surface area (Å²) in [6.07, 6.45) is 11.9. The molecule has 1 aliphatic rings. The third-order valence-electron chi connectivity index (χ3n) is 4.58. The van der Waals surface area contributed by atoms with Gasteiger partial charge in [0.15, 0.2) is 0 Å². The van der Waals surface area contributed by atoms with Crippen molar-refractivity contribution in [3.63, 3.8) is 0 Å². The van der Waals surface area contributed by atoms with Gasteiger partial charge >= 0.3 is 0 Å². The molecule has 25 heavy (non-hydrogen) atoms. The Bertz CT molecular complexity index is 771. The summed E-state index contributed by atoms with van der Waals surface area (Å²) in [5, 5.41) is 9.54. The van der Waals surface area contributed by atoms with Gasteiger partial charge < -0.3 is 16.4 Å². The smallest absolute Gasteiger partial charge is 0.0443 e. The third kappa shape index (κ3) is 4.40. The average Bonchev–Trinajstić information content (AvgIpc) is 2.62. The van der Waals surface area contributed by atoms with Gasteiger partial charge in [0.25, 0.3) is 0 Å². The van der Waals surface area contributed by atoms with Gasteiger partial charge in [0.1, 0.15) is 0 Å². The van der Waals surface area contributed by atoms with Gasteiger partial charge in [0, 0.05) is 29.5 Å². The quantitative estimate of drug-likeness (QED) is 0.725. The Morgan fingerprint density at radius 2 is 2.12 bits per heavy atom. The monoisotopic (exact) mass is 336 g/mol. The summed E-state index contributed by atoms with van der Waals surface area (Å²) in [7, 11) is 0. The summed E-state index contributed by atoms with van der Waals surface area (Å²) in [5.74, 6) is 0.458. The van der Waals surface area contributed by atoms with Gasteiger partial charge in [-0.2, -0.15) is 0 Å². The number of benzene rings is 1. The van der Waals surface area contributed by atoms with Gasteiger partial charge in [-0.1, -0.05) is 19.9 Å². The summed E-state index contributed by atoms with van der Waals surface area (Å²) in [6, 6.07) is 7.03. The first-order chi connectivity index (χ1) is 12.2. The number of anilines is 1. The zero-order valence-corrected chi connectivity index (χ0v) is 15.1. The second kappa shape index (κ2) is 8.17. The molecular weight excluding hydrogens is 308 g/mol. The van der Waals surface area contributed by atoms with Crippen molar-refractivity contribution in [2.45, 2.75) is 32.7 Å². The zero-order chi connectivity index (χ0) is 17.6. The Hall–Kier alpha value is -2.33. The predicted octanol–water partition coefficient (Wildman–Crippen LogP) is 3.91. The van der Waals surface area contributed by atoms with Crippen molar-refractivity contribution < 1.29 is 0 Å². The number of piperidine rings is 1. The Morgan fingerprint density at radius 3 is 2.84 bits per heavy atom. The highest BCUT2D eigenvalue weighted by Crippen LogP contribution is 2.30. The van der Waals surface area contributed by atoms with Crippen LogP contribution in [0.3, 0.4) is 0 Å². The molecule has 0 aliphatic carbocycles. The number of aromatic nitrogens is 1. The second-order valence-electron chi connectivity index (χ2n) is 7.01. The molecule has 0 saturated carbocycles. The standard InChI is InChI=1S/C21H28N4/c1-15(2)11-16(3-7-22)18-12-17-4-8-24-14-20(17)21(13-18)25-19-5-9-23-10-6-19/h3-4,7-8,11-15,19,23,25H,5-6,9-10,22H2,1-2H3/b7-3-,16-11+. The number of hydrogen-bond donors (Lipinski definition) is 3. The molecule has 0 amide bonds. The van der Waals surface area contributed by atoms with Crippen LogP contribution in [0.15, 0.2) is 48.9 Å². The summed E-state index contributed by atoms with van der Waals surface area (Å²) >= 11 is 0. The number of rotatable bonds is 5. The van der Waals surface area contributed by atoms with E-state index in [1.807, 2.05) is 18.5 Å². The molecule has 0 radical (unpaired) electrons. The molecule has 1 saturated heterocycles. The van der Waals surface area contributed by atoms with E-state index < -0.39 is 0 Å². The number of pyridine rings is 1. The highest BCUT2D eigenvalue weighted by atomic mass is 15.0. The first kappa shape index (κ1) is 17.5. The summed E-state index contributed by atoms with van der Waals surface area (Å²) in [4.78, 5) is 4.32. The number of allylic oxidation sites excluding steroid dienone is 3. The van der Waals surface area contributed by atoms with Crippen molar-refractivity contribution in [3.05, 3.63) is 54.5 Å². The van der Waals surface area contributed by atoms with Gasteiger partial charge in [0.2, 0.25) is 0 Å². The molecule has 3 rings (SSSR count). The molecule has 1 aromatic heterocycles. The normalized spacial score (nSPS) is 16.8. The fourth-order valence-electron chi connectivity index (χ4n) is 3.38. The number of hydrogen-bond acceptors (Lipinski definition) is 4. The minimum atomic E-state index is 0.458. The van der Waals surface area contributed by atoms with Gasteiger partial charge in [-0.05, 0) is 78.8 Å². The first-order valence-electron chi connectivity index (χ1n) is 9.13. The highest BCUT2D eigenvalue weighted by molar-refractivity contribution is 5.97. The summed E-state index contributed by atoms with van der Waals surface area (Å²) < 4.78 is 0. The van der Waals surface area contributed by atoms with Gasteiger partial charge in [-0.25, -0.2) is 0 Å². The van der Waals surface area contributed by atoms with Crippen LogP contribution in [0.1, 0.15) is 32.3 Å². The minimum Gasteiger partial charge on any atom is -0.405 e. The van der Waals surface area contributed by atoms with E-state index in [9.17, 15) is 0 Å². The lowest BCUT2D eigenvalue weighted by molar-refractivity contribution is 0.479. The maximum Gasteiger partial charge on any atom is 0.0443 e. The molecule has 1 fully saturated rings. The molecule has 4 nitrogen and oxygen atoms in total. The van der Waals surface area contributed by atoms with Crippen molar-refractivity contribution in [3.8, 4) is 0 Å². The number of nitrogens with zero attached hydrogens (tertiary/aromatic N) is 1. The molecule has 2 heterocycles. The first-order valence-corrected chi connectivity index (χ1v) is 9.13. The molecule has 1 aromatic carbocycles. The third-order valence-corrected chi connectivity index (χ3v) is 4.58. The predicted molar refractivity (Wildman–Crippen MR) is 107 cm³/mol. The van der Waals surface area contributed by atoms with Crippen molar-refractivity contribution in [2.24, 2.45) is 11.7 Å². The van der Waals surface area contributed by atoms with E-state index in [4.69, 9.17) is 5.73 Å². The van der Waals surface area contributed by atoms with Crippen molar-refractivity contribution in [2.75, 3.05) is 18.4 Å². The molecule has 4 N–H and O–H groups in total. The highest BCUT2D eigenvalue weighted by Gasteiger charge is 2.15. The molecule has 0 bridgehead atoms. The lowest BCUT2D eigenvalue weighted by Crippen LogP contribution is -2.35. The Labute approximate surface area is 150 Å². The Morgan fingerprint density at radius 1 is 1.32 bits per heavy atom. The van der Waals surface area contributed by atoms with E-state index in [2.05, 4.69) is 53.7 Å². The lowest BCUT2D eigenvalue weighted by Gasteiger charge is -2.25. The number of nitrogens with one attached hydrogen (secondary N) is 2. The maximum atomic E-state index is 5.69. The average molecular weight is 336 g/mol. The largest absolute Gasteiger partial charge is 0.405 e. The fraction of sp³-hybridized carbons (Fsp3) is 0.381.